The number of alkyl halides is 3. The van der Waals surface area contributed by atoms with Crippen molar-refractivity contribution in [3.63, 3.8) is 0 Å². The van der Waals surface area contributed by atoms with Crippen LogP contribution in [0, 0.1) is 0 Å². The summed E-state index contributed by atoms with van der Waals surface area (Å²) in [5.41, 5.74) is 7.15. The Labute approximate surface area is 121 Å². The molecule has 0 spiro atoms. The van der Waals surface area contributed by atoms with Gasteiger partial charge in [0.25, 0.3) is 0 Å². The Balaban J connectivity index is 2.28. The minimum Gasteiger partial charge on any atom is -0.398 e. The average molecular weight is 295 g/mol. The topological polar surface area (TPSA) is 50.9 Å². The van der Waals surface area contributed by atoms with Crippen LogP contribution in [-0.4, -0.2) is 12.0 Å². The van der Waals surface area contributed by atoms with Gasteiger partial charge < -0.3 is 11.1 Å². The Morgan fingerprint density at radius 2 is 2.05 bits per heavy atom. The number of nitrogens with two attached hydrogens (primary N) is 1. The molecular weight excluding hydrogens is 279 g/mol. The fourth-order valence-electron chi connectivity index (χ4n) is 2.15. The molecule has 2 rings (SSSR count). The highest BCUT2D eigenvalue weighted by molar-refractivity contribution is 5.45. The highest BCUT2D eigenvalue weighted by Crippen LogP contribution is 2.31. The first-order chi connectivity index (χ1) is 9.91. The summed E-state index contributed by atoms with van der Waals surface area (Å²) in [6, 6.07) is 6.72. The number of rotatable bonds is 4. The van der Waals surface area contributed by atoms with E-state index < -0.39 is 11.7 Å². The Bertz CT molecular complexity index is 611. The number of nitrogens with zero attached hydrogens (tertiary/aromatic N) is 1. The molecule has 21 heavy (non-hydrogen) atoms. The Kier molecular flexibility index (Phi) is 4.47. The van der Waals surface area contributed by atoms with E-state index >= 15 is 0 Å². The highest BCUT2D eigenvalue weighted by atomic mass is 19.4. The fraction of sp³-hybridized carbons (Fsp3) is 0.267. The predicted octanol–water partition coefficient (Wildman–Crippen LogP) is 3.19. The second kappa shape index (κ2) is 6.13. The third kappa shape index (κ3) is 3.72. The lowest BCUT2D eigenvalue weighted by Gasteiger charge is -2.19. The molecule has 0 aliphatic rings. The lowest BCUT2D eigenvalue weighted by atomic mass is 9.97. The molecule has 0 aliphatic carbocycles. The fourth-order valence-corrected chi connectivity index (χ4v) is 2.15. The second-order valence-electron chi connectivity index (χ2n) is 4.74. The van der Waals surface area contributed by atoms with Crippen molar-refractivity contribution in [2.75, 3.05) is 12.8 Å². The maximum absolute atomic E-state index is 12.8. The van der Waals surface area contributed by atoms with E-state index in [-0.39, 0.29) is 6.04 Å². The van der Waals surface area contributed by atoms with Crippen LogP contribution in [-0.2, 0) is 12.6 Å². The Morgan fingerprint density at radius 1 is 1.29 bits per heavy atom. The summed E-state index contributed by atoms with van der Waals surface area (Å²) >= 11 is 0. The van der Waals surface area contributed by atoms with Crippen molar-refractivity contribution in [1.82, 2.24) is 10.3 Å². The first-order valence-electron chi connectivity index (χ1n) is 6.44. The number of nitrogens with one attached hydrogen (secondary N) is 1. The van der Waals surface area contributed by atoms with Crippen LogP contribution in [0.2, 0.25) is 0 Å². The van der Waals surface area contributed by atoms with Gasteiger partial charge in [0.15, 0.2) is 0 Å². The molecule has 6 heteroatoms. The molecule has 1 heterocycles. The lowest BCUT2D eigenvalue weighted by molar-refractivity contribution is -0.137. The number of pyridine rings is 1. The number of hydrogen-bond donors (Lipinski definition) is 2. The maximum Gasteiger partial charge on any atom is 0.416 e. The monoisotopic (exact) mass is 295 g/mol. The quantitative estimate of drug-likeness (QED) is 0.911. The molecule has 2 aromatic rings. The smallest absolute Gasteiger partial charge is 0.398 e. The molecule has 0 amide bonds. The first kappa shape index (κ1) is 15.3. The molecule has 0 saturated heterocycles. The van der Waals surface area contributed by atoms with Gasteiger partial charge in [0, 0.05) is 24.1 Å². The molecule has 3 N–H and O–H groups in total. The van der Waals surface area contributed by atoms with E-state index in [9.17, 15) is 13.2 Å². The average Bonchev–Trinajstić information content (AvgIpc) is 2.46. The van der Waals surface area contributed by atoms with E-state index in [2.05, 4.69) is 10.3 Å². The van der Waals surface area contributed by atoms with Crippen LogP contribution < -0.4 is 11.1 Å². The minimum atomic E-state index is -4.35. The summed E-state index contributed by atoms with van der Waals surface area (Å²) in [4.78, 5) is 4.00. The zero-order chi connectivity index (χ0) is 15.5. The van der Waals surface area contributed by atoms with Crippen LogP contribution in [0.4, 0.5) is 18.9 Å². The summed E-state index contributed by atoms with van der Waals surface area (Å²) < 4.78 is 38.3. The van der Waals surface area contributed by atoms with Crippen molar-refractivity contribution in [2.24, 2.45) is 0 Å². The first-order valence-corrected chi connectivity index (χ1v) is 6.44. The third-order valence-corrected chi connectivity index (χ3v) is 3.33. The van der Waals surface area contributed by atoms with Gasteiger partial charge in [-0.2, -0.15) is 13.2 Å². The van der Waals surface area contributed by atoms with Gasteiger partial charge in [-0.1, -0.05) is 12.1 Å². The van der Waals surface area contributed by atoms with E-state index in [1.807, 2.05) is 0 Å². The van der Waals surface area contributed by atoms with E-state index in [1.54, 1.807) is 31.6 Å². The summed E-state index contributed by atoms with van der Waals surface area (Å²) in [5.74, 6) is 0. The van der Waals surface area contributed by atoms with Gasteiger partial charge in [-0.05, 0) is 42.8 Å². The standard InChI is InChI=1S/C15H16F3N3/c1-20-14(8-11-9-21-6-5-13(11)19)10-3-2-4-12(7-10)15(16,17)18/h2-7,9,14,20H,8H2,1H3,(H2,19,21). The van der Waals surface area contributed by atoms with E-state index in [0.29, 0.717) is 17.7 Å². The van der Waals surface area contributed by atoms with Crippen LogP contribution in [0.15, 0.2) is 42.7 Å². The Hall–Kier alpha value is -2.08. The molecule has 1 atom stereocenters. The number of hydrogen-bond acceptors (Lipinski definition) is 3. The zero-order valence-corrected chi connectivity index (χ0v) is 11.5. The molecule has 3 nitrogen and oxygen atoms in total. The van der Waals surface area contributed by atoms with Crippen molar-refractivity contribution < 1.29 is 13.2 Å². The lowest BCUT2D eigenvalue weighted by Crippen LogP contribution is -2.20. The van der Waals surface area contributed by atoms with Crippen molar-refractivity contribution in [2.45, 2.75) is 18.6 Å². The van der Waals surface area contributed by atoms with Crippen molar-refractivity contribution in [1.29, 1.82) is 0 Å². The molecule has 0 saturated carbocycles. The van der Waals surface area contributed by atoms with Crippen molar-refractivity contribution in [3.8, 4) is 0 Å². The number of benzene rings is 1. The molecule has 0 radical (unpaired) electrons. The van der Waals surface area contributed by atoms with Crippen LogP contribution in [0.3, 0.4) is 0 Å². The summed E-state index contributed by atoms with van der Waals surface area (Å²) in [7, 11) is 1.71. The summed E-state index contributed by atoms with van der Waals surface area (Å²) in [6.07, 6.45) is -0.663. The minimum absolute atomic E-state index is 0.265. The van der Waals surface area contributed by atoms with Crippen LogP contribution in [0.5, 0.6) is 0 Å². The number of likely N-dealkylation sites (N-methyl/N-ethyl adjacent to an activating group) is 1. The molecule has 0 bridgehead atoms. The molecule has 1 unspecified atom stereocenters. The van der Waals surface area contributed by atoms with Crippen molar-refractivity contribution in [3.05, 3.63) is 59.4 Å². The van der Waals surface area contributed by atoms with Gasteiger partial charge in [0.2, 0.25) is 0 Å². The largest absolute Gasteiger partial charge is 0.416 e. The predicted molar refractivity (Wildman–Crippen MR) is 75.6 cm³/mol. The number of aromatic nitrogens is 1. The number of nitrogen functional groups attached to an aromatic ring is 1. The van der Waals surface area contributed by atoms with Crippen LogP contribution >= 0.6 is 0 Å². The van der Waals surface area contributed by atoms with Gasteiger partial charge >= 0.3 is 6.18 Å². The number of halogens is 3. The third-order valence-electron chi connectivity index (χ3n) is 3.33. The normalized spacial score (nSPS) is 13.1. The van der Waals surface area contributed by atoms with Gasteiger partial charge in [0.1, 0.15) is 0 Å². The molecule has 1 aromatic heterocycles. The molecule has 1 aromatic carbocycles. The van der Waals surface area contributed by atoms with Crippen molar-refractivity contribution >= 4 is 5.69 Å². The van der Waals surface area contributed by atoms with Crippen LogP contribution in [0.25, 0.3) is 0 Å². The summed E-state index contributed by atoms with van der Waals surface area (Å²) in [5, 5.41) is 3.02. The van der Waals surface area contributed by atoms with Crippen LogP contribution in [0.1, 0.15) is 22.7 Å². The van der Waals surface area contributed by atoms with Gasteiger partial charge in [0.05, 0.1) is 5.56 Å². The van der Waals surface area contributed by atoms with Gasteiger partial charge in [-0.25, -0.2) is 0 Å². The Morgan fingerprint density at radius 3 is 2.67 bits per heavy atom. The van der Waals surface area contributed by atoms with E-state index in [4.69, 9.17) is 5.73 Å². The molecular formula is C15H16F3N3. The molecule has 0 aliphatic heterocycles. The maximum atomic E-state index is 12.8. The van der Waals surface area contributed by atoms with E-state index in [1.165, 1.54) is 6.07 Å². The second-order valence-corrected chi connectivity index (χ2v) is 4.74. The summed E-state index contributed by atoms with van der Waals surface area (Å²) in [6.45, 7) is 0. The number of anilines is 1. The zero-order valence-electron chi connectivity index (χ0n) is 11.5. The molecule has 112 valence electrons. The van der Waals surface area contributed by atoms with Gasteiger partial charge in [-0.3, -0.25) is 4.98 Å². The highest BCUT2D eigenvalue weighted by Gasteiger charge is 2.30. The van der Waals surface area contributed by atoms with E-state index in [0.717, 1.165) is 17.7 Å². The SMILES string of the molecule is CNC(Cc1cnccc1N)c1cccc(C(F)(F)F)c1. The van der Waals surface area contributed by atoms with Gasteiger partial charge in [-0.15, -0.1) is 0 Å². The molecule has 0 fully saturated rings.